The average Bonchev–Trinajstić information content (AvgIpc) is 2.15. The van der Waals surface area contributed by atoms with E-state index in [-0.39, 0.29) is 5.76 Å². The molecule has 1 rings (SSSR count). The number of alkyl halides is 2. The number of hydrogen-bond donors (Lipinski definition) is 0. The Balaban J connectivity index is 3.24. The van der Waals surface area contributed by atoms with E-state index < -0.39 is 22.5 Å². The molecule has 0 heterocycles. The third-order valence-corrected chi connectivity index (χ3v) is 2.07. The number of ether oxygens (including phenoxy) is 2. The van der Waals surface area contributed by atoms with Crippen LogP contribution in [0.5, 0.6) is 0 Å². The second-order valence-electron chi connectivity index (χ2n) is 2.50. The van der Waals surface area contributed by atoms with E-state index in [1.165, 1.54) is 7.11 Å². The van der Waals surface area contributed by atoms with E-state index in [1.54, 1.807) is 0 Å². The molecule has 3 nitrogen and oxygen atoms in total. The van der Waals surface area contributed by atoms with Gasteiger partial charge in [0.2, 0.25) is 0 Å². The first-order valence-corrected chi connectivity index (χ1v) is 3.95. The summed E-state index contributed by atoms with van der Waals surface area (Å²) in [6, 6.07) is 0. The van der Waals surface area contributed by atoms with E-state index in [0.717, 1.165) is 13.2 Å². The second-order valence-corrected chi connectivity index (χ2v) is 2.88. The predicted molar refractivity (Wildman–Crippen MR) is 44.9 cm³/mol. The minimum absolute atomic E-state index is 0.126. The van der Waals surface area contributed by atoms with Crippen LogP contribution >= 0.6 is 11.6 Å². The van der Waals surface area contributed by atoms with E-state index in [4.69, 9.17) is 11.6 Å². The van der Waals surface area contributed by atoms with Crippen molar-refractivity contribution in [2.75, 3.05) is 14.2 Å². The summed E-state index contributed by atoms with van der Waals surface area (Å²) in [5.41, 5.74) is 0. The molecule has 78 valence electrons. The molecule has 1 aliphatic rings. The van der Waals surface area contributed by atoms with Gasteiger partial charge in [0, 0.05) is 6.08 Å². The topological polar surface area (TPSA) is 35.5 Å². The van der Waals surface area contributed by atoms with Gasteiger partial charge < -0.3 is 9.47 Å². The Hall–Kier alpha value is -1.10. The fraction of sp³-hybridized carbons (Fsp3) is 0.375. The number of halogens is 3. The molecule has 6 heteroatoms. The van der Waals surface area contributed by atoms with Crippen LogP contribution in [0.25, 0.3) is 0 Å². The van der Waals surface area contributed by atoms with Crippen molar-refractivity contribution in [2.24, 2.45) is 0 Å². The highest BCUT2D eigenvalue weighted by Gasteiger charge is 2.49. The van der Waals surface area contributed by atoms with E-state index in [0.29, 0.717) is 0 Å². The number of ketones is 1. The van der Waals surface area contributed by atoms with Gasteiger partial charge in [-0.2, -0.15) is 8.78 Å². The van der Waals surface area contributed by atoms with Crippen molar-refractivity contribution in [3.8, 4) is 0 Å². The first kappa shape index (κ1) is 11.0. The Morgan fingerprint density at radius 2 is 1.93 bits per heavy atom. The van der Waals surface area contributed by atoms with Crippen LogP contribution < -0.4 is 0 Å². The van der Waals surface area contributed by atoms with Gasteiger partial charge in [-0.05, 0) is 0 Å². The van der Waals surface area contributed by atoms with Crippen LogP contribution in [-0.2, 0) is 14.3 Å². The lowest BCUT2D eigenvalue weighted by Gasteiger charge is -2.21. The lowest BCUT2D eigenvalue weighted by atomic mass is 10.1. The Labute approximate surface area is 83.9 Å². The predicted octanol–water partition coefficient (Wildman–Crippen LogP) is 1.83. The third-order valence-electron chi connectivity index (χ3n) is 1.71. The maximum absolute atomic E-state index is 13.1. The SMILES string of the molecule is COC1=CC(OC)=C(Cl)C(=O)C1(F)F. The summed E-state index contributed by atoms with van der Waals surface area (Å²) < 4.78 is 35.2. The molecular formula is C8H7ClF2O3. The zero-order chi connectivity index (χ0) is 10.9. The number of hydrogen-bond acceptors (Lipinski definition) is 3. The van der Waals surface area contributed by atoms with Crippen LogP contribution in [-0.4, -0.2) is 25.9 Å². The Morgan fingerprint density at radius 1 is 1.36 bits per heavy atom. The molecule has 0 atom stereocenters. The van der Waals surface area contributed by atoms with E-state index >= 15 is 0 Å². The Kier molecular flexibility index (Phi) is 2.80. The van der Waals surface area contributed by atoms with Crippen molar-refractivity contribution in [3.63, 3.8) is 0 Å². The van der Waals surface area contributed by atoms with Crippen molar-refractivity contribution in [1.29, 1.82) is 0 Å². The van der Waals surface area contributed by atoms with Gasteiger partial charge in [-0.25, -0.2) is 0 Å². The van der Waals surface area contributed by atoms with Gasteiger partial charge in [0.05, 0.1) is 14.2 Å². The molecule has 0 aromatic heterocycles. The molecule has 0 saturated carbocycles. The van der Waals surface area contributed by atoms with Gasteiger partial charge in [0.25, 0.3) is 5.78 Å². The molecule has 0 aromatic rings. The molecule has 0 spiro atoms. The van der Waals surface area contributed by atoms with Gasteiger partial charge in [0.1, 0.15) is 10.8 Å². The van der Waals surface area contributed by atoms with Crippen LogP contribution in [0, 0.1) is 0 Å². The van der Waals surface area contributed by atoms with Crippen LogP contribution in [0.4, 0.5) is 8.78 Å². The molecule has 0 fully saturated rings. The molecule has 0 N–H and O–H groups in total. The summed E-state index contributed by atoms with van der Waals surface area (Å²) in [5.74, 6) is -6.13. The minimum Gasteiger partial charge on any atom is -0.495 e. The highest BCUT2D eigenvalue weighted by atomic mass is 35.5. The smallest absolute Gasteiger partial charge is 0.366 e. The van der Waals surface area contributed by atoms with Crippen molar-refractivity contribution in [3.05, 3.63) is 22.6 Å². The summed E-state index contributed by atoms with van der Waals surface area (Å²) >= 11 is 5.37. The van der Waals surface area contributed by atoms with Gasteiger partial charge in [0.15, 0.2) is 5.76 Å². The zero-order valence-corrected chi connectivity index (χ0v) is 8.19. The van der Waals surface area contributed by atoms with E-state index in [9.17, 15) is 13.6 Å². The molecular weight excluding hydrogens is 218 g/mol. The largest absolute Gasteiger partial charge is 0.495 e. The monoisotopic (exact) mass is 224 g/mol. The minimum atomic E-state index is -3.71. The Bertz CT molecular complexity index is 333. The van der Waals surface area contributed by atoms with Gasteiger partial charge in [-0.15, -0.1) is 0 Å². The number of Topliss-reactive ketones (excluding diaryl/α,β-unsaturated/α-hetero) is 1. The van der Waals surface area contributed by atoms with Gasteiger partial charge in [-0.3, -0.25) is 4.79 Å². The maximum atomic E-state index is 13.1. The molecule has 0 bridgehead atoms. The van der Waals surface area contributed by atoms with Crippen molar-refractivity contribution >= 4 is 17.4 Å². The van der Waals surface area contributed by atoms with E-state index in [2.05, 4.69) is 9.47 Å². The molecule has 0 amide bonds. The Morgan fingerprint density at radius 3 is 2.36 bits per heavy atom. The molecule has 0 aliphatic heterocycles. The number of rotatable bonds is 2. The molecule has 1 aliphatic carbocycles. The summed E-state index contributed by atoms with van der Waals surface area (Å²) in [6.45, 7) is 0. The number of carbonyl (C=O) groups is 1. The van der Waals surface area contributed by atoms with Crippen LogP contribution in [0.2, 0.25) is 0 Å². The standard InChI is InChI=1S/C8H7ClF2O3/c1-13-4-3-5(14-2)8(10,11)7(12)6(4)9/h3H,1-2H3. The molecule has 0 aromatic carbocycles. The van der Waals surface area contributed by atoms with Crippen molar-refractivity contribution in [1.82, 2.24) is 0 Å². The van der Waals surface area contributed by atoms with E-state index in [1.807, 2.05) is 0 Å². The average molecular weight is 225 g/mol. The highest BCUT2D eigenvalue weighted by molar-refractivity contribution is 6.44. The van der Waals surface area contributed by atoms with Crippen LogP contribution in [0.15, 0.2) is 22.6 Å². The fourth-order valence-electron chi connectivity index (χ4n) is 0.970. The third kappa shape index (κ3) is 1.48. The number of methoxy groups -OCH3 is 2. The zero-order valence-electron chi connectivity index (χ0n) is 7.44. The summed E-state index contributed by atoms with van der Waals surface area (Å²) in [5, 5.41) is -0.627. The molecule has 0 radical (unpaired) electrons. The van der Waals surface area contributed by atoms with Crippen molar-refractivity contribution in [2.45, 2.75) is 5.92 Å². The van der Waals surface area contributed by atoms with Gasteiger partial charge >= 0.3 is 5.92 Å². The van der Waals surface area contributed by atoms with Crippen LogP contribution in [0.1, 0.15) is 0 Å². The lowest BCUT2D eigenvalue weighted by molar-refractivity contribution is -0.138. The lowest BCUT2D eigenvalue weighted by Crippen LogP contribution is -2.35. The highest BCUT2D eigenvalue weighted by Crippen LogP contribution is 2.36. The summed E-state index contributed by atoms with van der Waals surface area (Å²) in [7, 11) is 2.26. The first-order chi connectivity index (χ1) is 6.45. The molecule has 14 heavy (non-hydrogen) atoms. The fourth-order valence-corrected chi connectivity index (χ4v) is 1.22. The van der Waals surface area contributed by atoms with Crippen molar-refractivity contribution < 1.29 is 23.0 Å². The quantitative estimate of drug-likeness (QED) is 0.718. The molecule has 0 unspecified atom stereocenters. The summed E-state index contributed by atoms with van der Waals surface area (Å²) in [6.07, 6.45) is 0.893. The number of allylic oxidation sites excluding steroid dienone is 3. The maximum Gasteiger partial charge on any atom is 0.366 e. The first-order valence-electron chi connectivity index (χ1n) is 3.57. The molecule has 0 saturated heterocycles. The van der Waals surface area contributed by atoms with Crippen LogP contribution in [0.3, 0.4) is 0 Å². The summed E-state index contributed by atoms with van der Waals surface area (Å²) in [4.78, 5) is 11.0. The normalized spacial score (nSPS) is 20.6. The second kappa shape index (κ2) is 3.57. The number of carbonyl (C=O) groups excluding carboxylic acids is 1. The van der Waals surface area contributed by atoms with Gasteiger partial charge in [-0.1, -0.05) is 11.6 Å².